The Labute approximate surface area is 178 Å². The lowest BCUT2D eigenvalue weighted by Crippen LogP contribution is -2.37. The molecule has 2 aliphatic rings. The van der Waals surface area contributed by atoms with Crippen molar-refractivity contribution in [3.05, 3.63) is 59.7 Å². The number of amides is 1. The van der Waals surface area contributed by atoms with Crippen LogP contribution in [-0.2, 0) is 27.8 Å². The van der Waals surface area contributed by atoms with Gasteiger partial charge in [0.2, 0.25) is 15.9 Å². The van der Waals surface area contributed by atoms with Crippen LogP contribution in [0.4, 0.5) is 5.69 Å². The molecule has 2 N–H and O–H groups in total. The van der Waals surface area contributed by atoms with Crippen molar-refractivity contribution in [3.63, 3.8) is 0 Å². The van der Waals surface area contributed by atoms with Crippen LogP contribution in [0.1, 0.15) is 43.2 Å². The molecule has 0 radical (unpaired) electrons. The highest BCUT2D eigenvalue weighted by Crippen LogP contribution is 2.21. The van der Waals surface area contributed by atoms with Crippen molar-refractivity contribution >= 4 is 21.6 Å². The third-order valence-corrected chi connectivity index (χ3v) is 7.49. The van der Waals surface area contributed by atoms with Crippen LogP contribution in [-0.4, -0.2) is 38.4 Å². The number of anilines is 1. The van der Waals surface area contributed by atoms with Gasteiger partial charge in [-0.15, -0.1) is 0 Å². The fourth-order valence-electron chi connectivity index (χ4n) is 4.32. The summed E-state index contributed by atoms with van der Waals surface area (Å²) < 4.78 is 28.0. The minimum atomic E-state index is -3.53. The van der Waals surface area contributed by atoms with Gasteiger partial charge < -0.3 is 5.32 Å². The molecule has 1 saturated carbocycles. The lowest BCUT2D eigenvalue weighted by molar-refractivity contribution is -0.117. The van der Waals surface area contributed by atoms with Crippen molar-refractivity contribution in [1.29, 1.82) is 0 Å². The number of rotatable bonds is 6. The normalized spacial score (nSPS) is 18.0. The minimum absolute atomic E-state index is 0.0257. The predicted molar refractivity (Wildman–Crippen MR) is 118 cm³/mol. The number of carbonyl (C=O) groups is 1. The van der Waals surface area contributed by atoms with Crippen molar-refractivity contribution < 1.29 is 13.2 Å². The van der Waals surface area contributed by atoms with Gasteiger partial charge in [0.15, 0.2) is 0 Å². The number of sulfonamides is 1. The van der Waals surface area contributed by atoms with Gasteiger partial charge in [0.05, 0.1) is 11.4 Å². The van der Waals surface area contributed by atoms with Crippen LogP contribution < -0.4 is 10.0 Å². The van der Waals surface area contributed by atoms with Crippen molar-refractivity contribution in [2.45, 2.75) is 56.0 Å². The van der Waals surface area contributed by atoms with E-state index in [9.17, 15) is 13.2 Å². The van der Waals surface area contributed by atoms with Crippen molar-refractivity contribution in [3.8, 4) is 0 Å². The summed E-state index contributed by atoms with van der Waals surface area (Å²) in [6.45, 7) is 1.94. The Kier molecular flexibility index (Phi) is 6.51. The van der Waals surface area contributed by atoms with Gasteiger partial charge in [0.25, 0.3) is 0 Å². The van der Waals surface area contributed by atoms with E-state index in [-0.39, 0.29) is 16.8 Å². The second-order valence-electron chi connectivity index (χ2n) is 8.26. The molecule has 2 aromatic rings. The zero-order valence-electron chi connectivity index (χ0n) is 17.1. The van der Waals surface area contributed by atoms with Gasteiger partial charge in [-0.3, -0.25) is 9.69 Å². The molecule has 1 amide bonds. The predicted octanol–water partition coefficient (Wildman–Crippen LogP) is 3.29. The van der Waals surface area contributed by atoms with E-state index in [0.717, 1.165) is 45.2 Å². The van der Waals surface area contributed by atoms with Crippen molar-refractivity contribution in [2.24, 2.45) is 0 Å². The van der Waals surface area contributed by atoms with Crippen LogP contribution in [0.15, 0.2) is 53.4 Å². The highest BCUT2D eigenvalue weighted by atomic mass is 32.2. The van der Waals surface area contributed by atoms with Crippen LogP contribution in [0.25, 0.3) is 0 Å². The van der Waals surface area contributed by atoms with Gasteiger partial charge in [-0.05, 0) is 54.7 Å². The van der Waals surface area contributed by atoms with E-state index in [1.54, 1.807) is 24.3 Å². The van der Waals surface area contributed by atoms with E-state index < -0.39 is 10.0 Å². The summed E-state index contributed by atoms with van der Waals surface area (Å²) in [6.07, 6.45) is 6.06. The van der Waals surface area contributed by atoms with Crippen LogP contribution >= 0.6 is 0 Å². The van der Waals surface area contributed by atoms with E-state index in [0.29, 0.717) is 12.2 Å². The highest BCUT2D eigenvalue weighted by molar-refractivity contribution is 7.89. The minimum Gasteiger partial charge on any atom is -0.325 e. The number of hydrogen-bond acceptors (Lipinski definition) is 4. The number of nitrogens with zero attached hydrogens (tertiary/aromatic N) is 1. The quantitative estimate of drug-likeness (QED) is 0.742. The average Bonchev–Trinajstić information content (AvgIpc) is 2.74. The van der Waals surface area contributed by atoms with Crippen molar-refractivity contribution in [1.82, 2.24) is 9.62 Å². The molecule has 1 aliphatic carbocycles. The van der Waals surface area contributed by atoms with E-state index in [1.165, 1.54) is 17.5 Å². The average molecular weight is 428 g/mol. The molecule has 0 unspecified atom stereocenters. The summed E-state index contributed by atoms with van der Waals surface area (Å²) in [6, 6.07) is 14.8. The maximum absolute atomic E-state index is 12.6. The number of carbonyl (C=O) groups excluding carboxylic acids is 1. The van der Waals surface area contributed by atoms with E-state index in [4.69, 9.17) is 0 Å². The topological polar surface area (TPSA) is 78.5 Å². The van der Waals surface area contributed by atoms with E-state index >= 15 is 0 Å². The van der Waals surface area contributed by atoms with E-state index in [2.05, 4.69) is 33.1 Å². The van der Waals surface area contributed by atoms with Gasteiger partial charge >= 0.3 is 0 Å². The summed E-state index contributed by atoms with van der Waals surface area (Å²) in [5, 5.41) is 2.88. The smallest absolute Gasteiger partial charge is 0.240 e. The molecule has 0 aromatic heterocycles. The van der Waals surface area contributed by atoms with Gasteiger partial charge in [0, 0.05) is 24.8 Å². The molecule has 160 valence electrons. The molecule has 0 bridgehead atoms. The number of fused-ring (bicyclic) bond motifs is 1. The molecular formula is C23H29N3O3S. The number of nitrogens with one attached hydrogen (secondary N) is 2. The Hall–Kier alpha value is -2.22. The molecule has 6 nitrogen and oxygen atoms in total. The fraction of sp³-hybridized carbons (Fsp3) is 0.435. The number of hydrogen-bond donors (Lipinski definition) is 2. The summed E-state index contributed by atoms with van der Waals surface area (Å²) in [4.78, 5) is 14.8. The highest BCUT2D eigenvalue weighted by Gasteiger charge is 2.22. The van der Waals surface area contributed by atoms with E-state index in [1.807, 2.05) is 6.07 Å². The zero-order valence-corrected chi connectivity index (χ0v) is 18.0. The standard InChI is InChI=1S/C23H29N3O3S/c27-23(17-26-15-14-18-6-4-5-7-19(18)16-26)24-20-10-12-22(13-11-20)30(28,29)25-21-8-2-1-3-9-21/h4-7,10-13,21,25H,1-3,8-9,14-17H2,(H,24,27). The maximum atomic E-state index is 12.6. The van der Waals surface area contributed by atoms with Crippen LogP contribution in [0, 0.1) is 0 Å². The largest absolute Gasteiger partial charge is 0.325 e. The first kappa shape index (κ1) is 21.0. The van der Waals surface area contributed by atoms with Crippen LogP contribution in [0.3, 0.4) is 0 Å². The van der Waals surface area contributed by atoms with Crippen molar-refractivity contribution in [2.75, 3.05) is 18.4 Å². The molecule has 2 aromatic carbocycles. The fourth-order valence-corrected chi connectivity index (χ4v) is 5.62. The molecule has 1 aliphatic heterocycles. The monoisotopic (exact) mass is 427 g/mol. The molecule has 1 fully saturated rings. The molecule has 30 heavy (non-hydrogen) atoms. The molecule has 7 heteroatoms. The second kappa shape index (κ2) is 9.29. The Bertz CT molecular complexity index is 983. The van der Waals surface area contributed by atoms with Gasteiger partial charge in [-0.25, -0.2) is 13.1 Å². The SMILES string of the molecule is O=C(CN1CCc2ccccc2C1)Nc1ccc(S(=O)(=O)NC2CCCCC2)cc1. The van der Waals surface area contributed by atoms with Gasteiger partial charge in [-0.1, -0.05) is 43.5 Å². The third-order valence-electron chi connectivity index (χ3n) is 5.95. The molecule has 0 atom stereocenters. The Balaban J connectivity index is 1.31. The Morgan fingerprint density at radius 2 is 1.67 bits per heavy atom. The summed E-state index contributed by atoms with van der Waals surface area (Å²) >= 11 is 0. The first-order valence-corrected chi connectivity index (χ1v) is 12.2. The van der Waals surface area contributed by atoms with Gasteiger partial charge in [0.1, 0.15) is 0 Å². The van der Waals surface area contributed by atoms with Crippen LogP contribution in [0.2, 0.25) is 0 Å². The summed E-state index contributed by atoms with van der Waals surface area (Å²) in [5.41, 5.74) is 3.23. The Morgan fingerprint density at radius 1 is 0.967 bits per heavy atom. The first-order valence-electron chi connectivity index (χ1n) is 10.7. The lowest BCUT2D eigenvalue weighted by Gasteiger charge is -2.28. The number of benzene rings is 2. The van der Waals surface area contributed by atoms with Crippen LogP contribution in [0.5, 0.6) is 0 Å². The molecule has 0 spiro atoms. The third kappa shape index (κ3) is 5.28. The molecule has 0 saturated heterocycles. The zero-order chi connectivity index (χ0) is 21.0. The Morgan fingerprint density at radius 3 is 2.40 bits per heavy atom. The van der Waals surface area contributed by atoms with Gasteiger partial charge in [-0.2, -0.15) is 0 Å². The molecular weight excluding hydrogens is 398 g/mol. The summed E-state index contributed by atoms with van der Waals surface area (Å²) in [7, 11) is -3.53. The first-order chi connectivity index (χ1) is 14.5. The second-order valence-corrected chi connectivity index (χ2v) is 9.97. The summed E-state index contributed by atoms with van der Waals surface area (Å²) in [5.74, 6) is -0.0923. The molecule has 1 heterocycles. The maximum Gasteiger partial charge on any atom is 0.240 e. The molecule has 4 rings (SSSR count). The lowest BCUT2D eigenvalue weighted by atomic mass is 9.96.